The van der Waals surface area contributed by atoms with Crippen LogP contribution in [-0.2, 0) is 11.2 Å². The zero-order chi connectivity index (χ0) is 16.7. The van der Waals surface area contributed by atoms with Gasteiger partial charge in [0.1, 0.15) is 0 Å². The van der Waals surface area contributed by atoms with Crippen LogP contribution < -0.4 is 10.2 Å². The quantitative estimate of drug-likeness (QED) is 0.918. The number of fused-ring (bicyclic) bond motifs is 1. The normalized spacial score (nSPS) is 20.8. The molecule has 1 saturated carbocycles. The summed E-state index contributed by atoms with van der Waals surface area (Å²) >= 11 is 0. The predicted octanol–water partition coefficient (Wildman–Crippen LogP) is 2.55. The van der Waals surface area contributed by atoms with Gasteiger partial charge < -0.3 is 4.74 Å². The van der Waals surface area contributed by atoms with Crippen LogP contribution in [0.5, 0.6) is 5.88 Å². The highest BCUT2D eigenvalue weighted by Gasteiger charge is 2.26. The molecule has 1 N–H and O–H groups in total. The molecule has 0 aromatic carbocycles. The number of aromatic nitrogens is 2. The summed E-state index contributed by atoms with van der Waals surface area (Å²) in [5, 5.41) is 8.97. The van der Waals surface area contributed by atoms with Crippen molar-refractivity contribution in [1.82, 2.24) is 15.0 Å². The molecule has 1 unspecified atom stereocenters. The second-order valence-corrected chi connectivity index (χ2v) is 6.76. The molecule has 24 heavy (non-hydrogen) atoms. The monoisotopic (exact) mass is 326 g/mol. The molecule has 6 heteroatoms. The summed E-state index contributed by atoms with van der Waals surface area (Å²) in [6.45, 7) is 4.87. The molecule has 3 heterocycles. The molecular formula is C18H22N4O2. The molecule has 1 fully saturated rings. The van der Waals surface area contributed by atoms with Gasteiger partial charge in [0.15, 0.2) is 0 Å². The molecule has 1 atom stereocenters. The molecule has 126 valence electrons. The molecule has 0 spiro atoms. The number of nitrogens with one attached hydrogen (secondary N) is 1. The molecular weight excluding hydrogens is 304 g/mol. The third-order valence-corrected chi connectivity index (χ3v) is 4.70. The van der Waals surface area contributed by atoms with E-state index in [1.54, 1.807) is 0 Å². The maximum Gasteiger partial charge on any atom is 0.240 e. The number of hydrazone groups is 1. The van der Waals surface area contributed by atoms with Crippen LogP contribution in [0.25, 0.3) is 5.52 Å². The first-order chi connectivity index (χ1) is 11.7. The minimum absolute atomic E-state index is 0.0330. The molecule has 0 bridgehead atoms. The molecule has 2 aliphatic rings. The van der Waals surface area contributed by atoms with E-state index in [4.69, 9.17) is 4.74 Å². The van der Waals surface area contributed by atoms with Crippen molar-refractivity contribution in [3.05, 3.63) is 29.5 Å². The van der Waals surface area contributed by atoms with Gasteiger partial charge in [-0.2, -0.15) is 10.2 Å². The lowest BCUT2D eigenvalue weighted by Crippen LogP contribution is -2.32. The number of ether oxygens (including phenoxy) is 1. The van der Waals surface area contributed by atoms with Crippen molar-refractivity contribution in [2.24, 2.45) is 16.9 Å². The molecule has 6 nitrogen and oxygen atoms in total. The number of hydrogen-bond donors (Lipinski definition) is 1. The van der Waals surface area contributed by atoms with Crippen molar-refractivity contribution in [1.29, 1.82) is 0 Å². The fourth-order valence-electron chi connectivity index (χ4n) is 3.07. The molecule has 2 aromatic rings. The molecule has 0 saturated heterocycles. The van der Waals surface area contributed by atoms with Gasteiger partial charge in [0, 0.05) is 24.0 Å². The molecule has 1 amide bonds. The third kappa shape index (κ3) is 2.77. The number of carbonyl (C=O) groups is 1. The number of rotatable bonds is 5. The fraction of sp³-hybridized carbons (Fsp3) is 0.500. The van der Waals surface area contributed by atoms with Gasteiger partial charge in [0.05, 0.1) is 23.5 Å². The summed E-state index contributed by atoms with van der Waals surface area (Å²) < 4.78 is 7.86. The second-order valence-electron chi connectivity index (χ2n) is 6.76. The van der Waals surface area contributed by atoms with Gasteiger partial charge in [-0.05, 0) is 37.3 Å². The third-order valence-electron chi connectivity index (χ3n) is 4.70. The Kier molecular flexibility index (Phi) is 3.75. The van der Waals surface area contributed by atoms with Gasteiger partial charge in [0.2, 0.25) is 11.8 Å². The van der Waals surface area contributed by atoms with E-state index < -0.39 is 0 Å². The van der Waals surface area contributed by atoms with Crippen LogP contribution >= 0.6 is 0 Å². The summed E-state index contributed by atoms with van der Waals surface area (Å²) in [6, 6.07) is 6.08. The van der Waals surface area contributed by atoms with Crippen LogP contribution in [-0.4, -0.2) is 27.8 Å². The number of aryl methyl sites for hydroxylation is 1. The van der Waals surface area contributed by atoms with Crippen LogP contribution in [0.1, 0.15) is 44.4 Å². The topological polar surface area (TPSA) is 68.0 Å². The minimum Gasteiger partial charge on any atom is -0.477 e. The Morgan fingerprint density at radius 3 is 2.92 bits per heavy atom. The SMILES string of the molecule is CCc1cc2c(C3=NNC(=O)CC3C)ccc(OCC3CC3)n2n1. The van der Waals surface area contributed by atoms with Crippen LogP contribution in [0, 0.1) is 11.8 Å². The van der Waals surface area contributed by atoms with Crippen molar-refractivity contribution < 1.29 is 9.53 Å². The molecule has 1 aliphatic carbocycles. The summed E-state index contributed by atoms with van der Waals surface area (Å²) in [7, 11) is 0. The molecule has 1 aliphatic heterocycles. The van der Waals surface area contributed by atoms with Gasteiger partial charge in [-0.3, -0.25) is 4.79 Å². The summed E-state index contributed by atoms with van der Waals surface area (Å²) in [5.74, 6) is 1.52. The van der Waals surface area contributed by atoms with E-state index in [-0.39, 0.29) is 11.8 Å². The lowest BCUT2D eigenvalue weighted by Gasteiger charge is -2.20. The lowest BCUT2D eigenvalue weighted by molar-refractivity contribution is -0.121. The van der Waals surface area contributed by atoms with E-state index in [2.05, 4.69) is 28.6 Å². The first-order valence-corrected chi connectivity index (χ1v) is 8.67. The largest absolute Gasteiger partial charge is 0.477 e. The maximum absolute atomic E-state index is 11.5. The van der Waals surface area contributed by atoms with E-state index >= 15 is 0 Å². The Hall–Kier alpha value is -2.37. The predicted molar refractivity (Wildman–Crippen MR) is 91.2 cm³/mol. The van der Waals surface area contributed by atoms with Crippen molar-refractivity contribution in [3.63, 3.8) is 0 Å². The Labute approximate surface area is 140 Å². The number of carbonyl (C=O) groups excluding carboxylic acids is 1. The Balaban J connectivity index is 1.77. The van der Waals surface area contributed by atoms with E-state index in [1.165, 1.54) is 12.8 Å². The van der Waals surface area contributed by atoms with E-state index in [0.29, 0.717) is 12.3 Å². The van der Waals surface area contributed by atoms with E-state index in [1.807, 2.05) is 23.6 Å². The fourth-order valence-corrected chi connectivity index (χ4v) is 3.07. The van der Waals surface area contributed by atoms with E-state index in [0.717, 1.165) is 41.4 Å². The van der Waals surface area contributed by atoms with Gasteiger partial charge in [-0.1, -0.05) is 13.8 Å². The van der Waals surface area contributed by atoms with Crippen molar-refractivity contribution in [2.45, 2.75) is 39.5 Å². The number of nitrogens with zero attached hydrogens (tertiary/aromatic N) is 3. The Morgan fingerprint density at radius 1 is 1.38 bits per heavy atom. The highest BCUT2D eigenvalue weighted by molar-refractivity contribution is 6.10. The first kappa shape index (κ1) is 15.2. The number of amides is 1. The standard InChI is InChI=1S/C18H22N4O2/c1-3-13-9-15-14(18-11(2)8-16(23)19-20-18)6-7-17(22(15)21-13)24-10-12-4-5-12/h6-7,9,11-12H,3-5,8,10H2,1-2H3,(H,19,23). The number of hydrogen-bond acceptors (Lipinski definition) is 4. The van der Waals surface area contributed by atoms with Crippen molar-refractivity contribution in [2.75, 3.05) is 6.61 Å². The molecule has 0 radical (unpaired) electrons. The van der Waals surface area contributed by atoms with Crippen LogP contribution in [0.2, 0.25) is 0 Å². The van der Waals surface area contributed by atoms with Crippen LogP contribution in [0.4, 0.5) is 0 Å². The highest BCUT2D eigenvalue weighted by Crippen LogP contribution is 2.30. The highest BCUT2D eigenvalue weighted by atomic mass is 16.5. The van der Waals surface area contributed by atoms with Crippen molar-refractivity contribution in [3.8, 4) is 5.88 Å². The van der Waals surface area contributed by atoms with E-state index in [9.17, 15) is 4.79 Å². The zero-order valence-corrected chi connectivity index (χ0v) is 14.1. The van der Waals surface area contributed by atoms with Crippen LogP contribution in [0.3, 0.4) is 0 Å². The Morgan fingerprint density at radius 2 is 2.21 bits per heavy atom. The molecule has 4 rings (SSSR count). The Bertz CT molecular complexity index is 820. The number of pyridine rings is 1. The lowest BCUT2D eigenvalue weighted by atomic mass is 9.94. The first-order valence-electron chi connectivity index (χ1n) is 8.67. The van der Waals surface area contributed by atoms with Crippen molar-refractivity contribution >= 4 is 17.1 Å². The van der Waals surface area contributed by atoms with Gasteiger partial charge in [0.25, 0.3) is 0 Å². The van der Waals surface area contributed by atoms with Crippen LogP contribution in [0.15, 0.2) is 23.3 Å². The summed E-state index contributed by atoms with van der Waals surface area (Å²) in [5.41, 5.74) is 6.51. The van der Waals surface area contributed by atoms with Gasteiger partial charge in [-0.25, -0.2) is 9.94 Å². The average Bonchev–Trinajstić information content (AvgIpc) is 3.29. The zero-order valence-electron chi connectivity index (χ0n) is 14.1. The molecule has 2 aromatic heterocycles. The summed E-state index contributed by atoms with van der Waals surface area (Å²) in [4.78, 5) is 11.5. The van der Waals surface area contributed by atoms with Gasteiger partial charge in [-0.15, -0.1) is 0 Å². The maximum atomic E-state index is 11.5. The second kappa shape index (κ2) is 5.92. The minimum atomic E-state index is -0.0330. The van der Waals surface area contributed by atoms with Gasteiger partial charge >= 0.3 is 0 Å². The smallest absolute Gasteiger partial charge is 0.240 e. The average molecular weight is 326 g/mol. The summed E-state index contributed by atoms with van der Waals surface area (Å²) in [6.07, 6.45) is 3.84.